The van der Waals surface area contributed by atoms with Crippen molar-refractivity contribution in [3.8, 4) is 11.3 Å². The fraction of sp³-hybridized carbons (Fsp3) is 0.231. The van der Waals surface area contributed by atoms with Crippen LogP contribution in [0.3, 0.4) is 0 Å². The van der Waals surface area contributed by atoms with Crippen LogP contribution >= 0.6 is 0 Å². The molecule has 4 heteroatoms. The van der Waals surface area contributed by atoms with Gasteiger partial charge in [-0.2, -0.15) is 0 Å². The number of hydrogen-bond donors (Lipinski definition) is 1. The molecule has 0 aliphatic heterocycles. The first-order chi connectivity index (χ1) is 8.13. The summed E-state index contributed by atoms with van der Waals surface area (Å²) in [5, 5.41) is 8.88. The van der Waals surface area contributed by atoms with E-state index in [2.05, 4.69) is 4.98 Å². The van der Waals surface area contributed by atoms with E-state index in [4.69, 9.17) is 9.52 Å². The van der Waals surface area contributed by atoms with Gasteiger partial charge in [-0.1, -0.05) is 31.2 Å². The Hall–Kier alpha value is -2.10. The van der Waals surface area contributed by atoms with Crippen LogP contribution in [0.4, 0.5) is 0 Å². The predicted molar refractivity (Wildman–Crippen MR) is 63.0 cm³/mol. The number of nitrogens with zero attached hydrogens (tertiary/aromatic N) is 1. The Balaban J connectivity index is 2.59. The summed E-state index contributed by atoms with van der Waals surface area (Å²) >= 11 is 0. The normalized spacial score (nSPS) is 10.5. The number of carbonyl (C=O) groups is 1. The Bertz CT molecular complexity index is 558. The first kappa shape index (κ1) is 11.4. The summed E-state index contributed by atoms with van der Waals surface area (Å²) in [6.07, 6.45) is 0.615. The summed E-state index contributed by atoms with van der Waals surface area (Å²) in [7, 11) is 0. The zero-order valence-electron chi connectivity index (χ0n) is 9.73. The van der Waals surface area contributed by atoms with Crippen LogP contribution in [-0.2, 0) is 6.42 Å². The highest BCUT2D eigenvalue weighted by atomic mass is 16.4. The molecule has 0 aliphatic rings. The molecule has 88 valence electrons. The largest absolute Gasteiger partial charge is 0.474 e. The lowest BCUT2D eigenvalue weighted by Crippen LogP contribution is -1.95. The first-order valence-electron chi connectivity index (χ1n) is 5.42. The number of rotatable bonds is 3. The Kier molecular flexibility index (Phi) is 2.95. The molecule has 1 aromatic carbocycles. The van der Waals surface area contributed by atoms with Crippen molar-refractivity contribution in [3.63, 3.8) is 0 Å². The average molecular weight is 231 g/mol. The van der Waals surface area contributed by atoms with E-state index in [1.54, 1.807) is 0 Å². The third-order valence-electron chi connectivity index (χ3n) is 2.60. The summed E-state index contributed by atoms with van der Waals surface area (Å²) < 4.78 is 5.22. The minimum atomic E-state index is -1.14. The van der Waals surface area contributed by atoms with Crippen LogP contribution in [0.1, 0.15) is 28.9 Å². The van der Waals surface area contributed by atoms with Crippen LogP contribution in [0.2, 0.25) is 0 Å². The molecule has 2 aromatic rings. The lowest BCUT2D eigenvalue weighted by molar-refractivity contribution is 0.0652. The molecule has 0 amide bonds. The molecular weight excluding hydrogens is 218 g/mol. The SMILES string of the molecule is CCc1oc(C(=O)O)nc1-c1ccccc1C. The second-order valence-corrected chi connectivity index (χ2v) is 3.76. The van der Waals surface area contributed by atoms with Gasteiger partial charge in [0.2, 0.25) is 0 Å². The van der Waals surface area contributed by atoms with E-state index in [-0.39, 0.29) is 5.89 Å². The third kappa shape index (κ3) is 2.06. The van der Waals surface area contributed by atoms with Crippen molar-refractivity contribution in [2.45, 2.75) is 20.3 Å². The molecule has 0 spiro atoms. The monoisotopic (exact) mass is 231 g/mol. The van der Waals surface area contributed by atoms with Gasteiger partial charge in [0, 0.05) is 12.0 Å². The van der Waals surface area contributed by atoms with E-state index in [1.807, 2.05) is 38.1 Å². The minimum Gasteiger partial charge on any atom is -0.474 e. The summed E-state index contributed by atoms with van der Waals surface area (Å²) in [5.74, 6) is -0.781. The molecule has 0 aliphatic carbocycles. The smallest absolute Gasteiger partial charge is 0.392 e. The molecule has 0 bridgehead atoms. The van der Waals surface area contributed by atoms with Gasteiger partial charge in [0.05, 0.1) is 0 Å². The van der Waals surface area contributed by atoms with Gasteiger partial charge in [0.1, 0.15) is 11.5 Å². The highest BCUT2D eigenvalue weighted by Gasteiger charge is 2.18. The minimum absolute atomic E-state index is 0.250. The molecular formula is C13H13NO3. The number of hydrogen-bond acceptors (Lipinski definition) is 3. The van der Waals surface area contributed by atoms with E-state index in [9.17, 15) is 4.79 Å². The molecule has 17 heavy (non-hydrogen) atoms. The van der Waals surface area contributed by atoms with Crippen molar-refractivity contribution < 1.29 is 14.3 Å². The van der Waals surface area contributed by atoms with E-state index in [1.165, 1.54) is 0 Å². The quantitative estimate of drug-likeness (QED) is 0.882. The molecule has 4 nitrogen and oxygen atoms in total. The van der Waals surface area contributed by atoms with E-state index in [0.29, 0.717) is 17.9 Å². The number of carboxylic acids is 1. The predicted octanol–water partition coefficient (Wildman–Crippen LogP) is 2.91. The van der Waals surface area contributed by atoms with Crippen molar-refractivity contribution in [3.05, 3.63) is 41.5 Å². The summed E-state index contributed by atoms with van der Waals surface area (Å²) in [5.41, 5.74) is 2.59. The number of aromatic nitrogens is 1. The van der Waals surface area contributed by atoms with Crippen molar-refractivity contribution in [1.82, 2.24) is 4.98 Å². The van der Waals surface area contributed by atoms with E-state index < -0.39 is 5.97 Å². The summed E-state index contributed by atoms with van der Waals surface area (Å²) in [4.78, 5) is 14.9. The van der Waals surface area contributed by atoms with E-state index in [0.717, 1.165) is 11.1 Å². The van der Waals surface area contributed by atoms with Crippen molar-refractivity contribution >= 4 is 5.97 Å². The van der Waals surface area contributed by atoms with Crippen molar-refractivity contribution in [1.29, 1.82) is 0 Å². The summed E-state index contributed by atoms with van der Waals surface area (Å²) in [6, 6.07) is 7.71. The number of carboxylic acid groups (broad SMARTS) is 1. The highest BCUT2D eigenvalue weighted by Crippen LogP contribution is 2.27. The van der Waals surface area contributed by atoms with Gasteiger partial charge in [0.15, 0.2) is 0 Å². The molecule has 0 saturated carbocycles. The van der Waals surface area contributed by atoms with Gasteiger partial charge >= 0.3 is 11.9 Å². The fourth-order valence-corrected chi connectivity index (χ4v) is 1.73. The van der Waals surface area contributed by atoms with E-state index >= 15 is 0 Å². The van der Waals surface area contributed by atoms with Crippen LogP contribution in [0.25, 0.3) is 11.3 Å². The zero-order chi connectivity index (χ0) is 12.4. The van der Waals surface area contributed by atoms with Gasteiger partial charge in [0.25, 0.3) is 0 Å². The van der Waals surface area contributed by atoms with Gasteiger partial charge in [-0.05, 0) is 12.5 Å². The van der Waals surface area contributed by atoms with Crippen LogP contribution in [0.15, 0.2) is 28.7 Å². The summed E-state index contributed by atoms with van der Waals surface area (Å²) in [6.45, 7) is 3.87. The fourth-order valence-electron chi connectivity index (χ4n) is 1.73. The van der Waals surface area contributed by atoms with Crippen LogP contribution < -0.4 is 0 Å². The lowest BCUT2D eigenvalue weighted by atomic mass is 10.0. The molecule has 0 unspecified atom stereocenters. The van der Waals surface area contributed by atoms with Gasteiger partial charge < -0.3 is 9.52 Å². The average Bonchev–Trinajstić information content (AvgIpc) is 2.73. The molecule has 0 atom stereocenters. The van der Waals surface area contributed by atoms with Crippen molar-refractivity contribution in [2.24, 2.45) is 0 Å². The maximum atomic E-state index is 10.8. The third-order valence-corrected chi connectivity index (χ3v) is 2.60. The Morgan fingerprint density at radius 2 is 2.12 bits per heavy atom. The molecule has 1 aromatic heterocycles. The van der Waals surface area contributed by atoms with Crippen LogP contribution in [-0.4, -0.2) is 16.1 Å². The van der Waals surface area contributed by atoms with Gasteiger partial charge in [-0.15, -0.1) is 0 Å². The molecule has 1 N–H and O–H groups in total. The number of aromatic carboxylic acids is 1. The molecule has 0 fully saturated rings. The molecule has 0 saturated heterocycles. The Morgan fingerprint density at radius 1 is 1.41 bits per heavy atom. The number of benzene rings is 1. The Labute approximate surface area is 98.9 Å². The second-order valence-electron chi connectivity index (χ2n) is 3.76. The maximum absolute atomic E-state index is 10.8. The standard InChI is InChI=1S/C13H13NO3/c1-3-10-11(14-12(17-10)13(15)16)9-7-5-4-6-8(9)2/h4-7H,3H2,1-2H3,(H,15,16). The molecule has 0 radical (unpaired) electrons. The second kappa shape index (κ2) is 4.41. The lowest BCUT2D eigenvalue weighted by Gasteiger charge is -2.02. The maximum Gasteiger partial charge on any atom is 0.392 e. The highest BCUT2D eigenvalue weighted by molar-refractivity contribution is 5.83. The molecule has 1 heterocycles. The van der Waals surface area contributed by atoms with Gasteiger partial charge in [-0.25, -0.2) is 9.78 Å². The van der Waals surface area contributed by atoms with Crippen LogP contribution in [0.5, 0.6) is 0 Å². The van der Waals surface area contributed by atoms with Crippen molar-refractivity contribution in [2.75, 3.05) is 0 Å². The Morgan fingerprint density at radius 3 is 2.71 bits per heavy atom. The zero-order valence-corrected chi connectivity index (χ0v) is 9.73. The number of aryl methyl sites for hydroxylation is 2. The number of oxazole rings is 1. The molecule has 2 rings (SSSR count). The topological polar surface area (TPSA) is 63.3 Å². The van der Waals surface area contributed by atoms with Crippen LogP contribution in [0, 0.1) is 6.92 Å². The first-order valence-corrected chi connectivity index (χ1v) is 5.42. The van der Waals surface area contributed by atoms with Gasteiger partial charge in [-0.3, -0.25) is 0 Å².